The molecule has 0 saturated heterocycles. The van der Waals surface area contributed by atoms with Crippen LogP contribution < -0.4 is 11.1 Å². The van der Waals surface area contributed by atoms with E-state index in [9.17, 15) is 4.79 Å². The lowest BCUT2D eigenvalue weighted by Gasteiger charge is -2.15. The molecule has 0 aliphatic carbocycles. The van der Waals surface area contributed by atoms with Gasteiger partial charge in [-0.05, 0) is 37.3 Å². The molecule has 5 heteroatoms. The van der Waals surface area contributed by atoms with Gasteiger partial charge in [-0.2, -0.15) is 0 Å². The Kier molecular flexibility index (Phi) is 3.75. The van der Waals surface area contributed by atoms with Crippen LogP contribution in [0.2, 0.25) is 0 Å². The topological polar surface area (TPSA) is 88.5 Å². The number of carboxylic acids is 1. The number of anilines is 2. The molecule has 1 aromatic heterocycles. The zero-order valence-electron chi connectivity index (χ0n) is 10.6. The molecule has 5 nitrogen and oxygen atoms in total. The van der Waals surface area contributed by atoms with E-state index >= 15 is 0 Å². The molecule has 1 heterocycles. The molecule has 1 aromatic carbocycles. The number of nitrogens with one attached hydrogen (secondary N) is 1. The van der Waals surface area contributed by atoms with Crippen LogP contribution in [0.1, 0.15) is 23.0 Å². The van der Waals surface area contributed by atoms with Crippen molar-refractivity contribution in [1.82, 2.24) is 0 Å². The number of carbonyl (C=O) groups is 1. The Morgan fingerprint density at radius 3 is 2.89 bits per heavy atom. The number of rotatable bonds is 5. The summed E-state index contributed by atoms with van der Waals surface area (Å²) in [6.07, 6.45) is 2.35. The predicted molar refractivity (Wildman–Crippen MR) is 73.3 cm³/mol. The molecule has 19 heavy (non-hydrogen) atoms. The Labute approximate surface area is 111 Å². The second-order valence-corrected chi connectivity index (χ2v) is 4.44. The molecule has 2 aromatic rings. The van der Waals surface area contributed by atoms with E-state index in [1.54, 1.807) is 18.4 Å². The third-order valence-electron chi connectivity index (χ3n) is 2.78. The fraction of sp³-hybridized carbons (Fsp3) is 0.214. The molecule has 0 radical (unpaired) electrons. The molecule has 0 saturated carbocycles. The minimum absolute atomic E-state index is 0.107. The molecule has 0 aliphatic heterocycles. The van der Waals surface area contributed by atoms with Crippen molar-refractivity contribution in [2.24, 2.45) is 0 Å². The molecule has 2 rings (SSSR count). The van der Waals surface area contributed by atoms with Gasteiger partial charge in [-0.25, -0.2) is 4.79 Å². The average molecular weight is 260 g/mol. The quantitative estimate of drug-likeness (QED) is 0.719. The lowest BCUT2D eigenvalue weighted by atomic mass is 10.1. The maximum Gasteiger partial charge on any atom is 0.337 e. The van der Waals surface area contributed by atoms with Crippen LogP contribution in [0.25, 0.3) is 0 Å². The van der Waals surface area contributed by atoms with E-state index < -0.39 is 5.97 Å². The van der Waals surface area contributed by atoms with E-state index in [-0.39, 0.29) is 17.3 Å². The molecule has 0 aliphatic rings. The Hall–Kier alpha value is -2.43. The van der Waals surface area contributed by atoms with Crippen LogP contribution >= 0.6 is 0 Å². The smallest absolute Gasteiger partial charge is 0.337 e. The van der Waals surface area contributed by atoms with Crippen molar-refractivity contribution in [3.63, 3.8) is 0 Å². The zero-order valence-corrected chi connectivity index (χ0v) is 10.6. The van der Waals surface area contributed by atoms with Gasteiger partial charge in [0.2, 0.25) is 0 Å². The van der Waals surface area contributed by atoms with Gasteiger partial charge in [0.15, 0.2) is 0 Å². The zero-order chi connectivity index (χ0) is 13.8. The monoisotopic (exact) mass is 260 g/mol. The van der Waals surface area contributed by atoms with Crippen LogP contribution in [0.3, 0.4) is 0 Å². The van der Waals surface area contributed by atoms with Crippen LogP contribution in [0.15, 0.2) is 41.0 Å². The number of hydrogen-bond acceptors (Lipinski definition) is 4. The Morgan fingerprint density at radius 2 is 2.26 bits per heavy atom. The van der Waals surface area contributed by atoms with Gasteiger partial charge in [0.25, 0.3) is 0 Å². The molecule has 0 amide bonds. The molecule has 0 spiro atoms. The SMILES string of the molecule is CC(Cc1ccco1)Nc1ccc(N)c(C(=O)O)c1. The van der Waals surface area contributed by atoms with E-state index in [0.29, 0.717) is 0 Å². The first-order valence-electron chi connectivity index (χ1n) is 5.98. The molecule has 0 fully saturated rings. The first-order chi connectivity index (χ1) is 9.06. The molecule has 0 bridgehead atoms. The highest BCUT2D eigenvalue weighted by Gasteiger charge is 2.10. The normalized spacial score (nSPS) is 12.1. The van der Waals surface area contributed by atoms with Crippen molar-refractivity contribution in [2.45, 2.75) is 19.4 Å². The summed E-state index contributed by atoms with van der Waals surface area (Å²) in [6, 6.07) is 8.76. The van der Waals surface area contributed by atoms with Gasteiger partial charge in [0, 0.05) is 23.8 Å². The van der Waals surface area contributed by atoms with Crippen LogP contribution in [-0.4, -0.2) is 17.1 Å². The number of nitrogens with two attached hydrogens (primary N) is 1. The lowest BCUT2D eigenvalue weighted by molar-refractivity contribution is 0.0698. The van der Waals surface area contributed by atoms with Crippen LogP contribution in [-0.2, 0) is 6.42 Å². The maximum atomic E-state index is 11.0. The molecular formula is C14H16N2O3. The molecule has 1 atom stereocenters. The Balaban J connectivity index is 2.06. The van der Waals surface area contributed by atoms with Crippen LogP contribution in [0, 0.1) is 0 Å². The standard InChI is InChI=1S/C14H16N2O3/c1-9(7-11-3-2-6-19-11)16-10-4-5-13(15)12(8-10)14(17)18/h2-6,8-9,16H,7,15H2,1H3,(H,17,18). The first kappa shape index (κ1) is 13.0. The average Bonchev–Trinajstić information content (AvgIpc) is 2.84. The second kappa shape index (κ2) is 5.48. The van der Waals surface area contributed by atoms with Crippen molar-refractivity contribution in [1.29, 1.82) is 0 Å². The van der Waals surface area contributed by atoms with E-state index in [0.717, 1.165) is 17.9 Å². The minimum atomic E-state index is -1.03. The first-order valence-corrected chi connectivity index (χ1v) is 5.98. The van der Waals surface area contributed by atoms with Crippen LogP contribution in [0.4, 0.5) is 11.4 Å². The summed E-state index contributed by atoms with van der Waals surface area (Å²) >= 11 is 0. The van der Waals surface area contributed by atoms with E-state index in [1.165, 1.54) is 6.07 Å². The summed E-state index contributed by atoms with van der Waals surface area (Å²) in [7, 11) is 0. The summed E-state index contributed by atoms with van der Waals surface area (Å²) < 4.78 is 5.27. The largest absolute Gasteiger partial charge is 0.478 e. The van der Waals surface area contributed by atoms with E-state index in [2.05, 4.69) is 5.32 Å². The van der Waals surface area contributed by atoms with Crippen molar-refractivity contribution < 1.29 is 14.3 Å². The summed E-state index contributed by atoms with van der Waals surface area (Å²) in [5.41, 5.74) is 6.70. The minimum Gasteiger partial charge on any atom is -0.478 e. The fourth-order valence-electron chi connectivity index (χ4n) is 1.90. The highest BCUT2D eigenvalue weighted by molar-refractivity contribution is 5.94. The molecule has 100 valence electrons. The third kappa shape index (κ3) is 3.28. The van der Waals surface area contributed by atoms with Crippen molar-refractivity contribution >= 4 is 17.3 Å². The van der Waals surface area contributed by atoms with Gasteiger partial charge in [0.05, 0.1) is 11.8 Å². The van der Waals surface area contributed by atoms with Gasteiger partial charge in [-0.3, -0.25) is 0 Å². The van der Waals surface area contributed by atoms with E-state index in [1.807, 2.05) is 19.1 Å². The highest BCUT2D eigenvalue weighted by atomic mass is 16.4. The van der Waals surface area contributed by atoms with Gasteiger partial charge in [0.1, 0.15) is 5.76 Å². The van der Waals surface area contributed by atoms with Crippen molar-refractivity contribution in [3.05, 3.63) is 47.9 Å². The Morgan fingerprint density at radius 1 is 1.47 bits per heavy atom. The van der Waals surface area contributed by atoms with Gasteiger partial charge < -0.3 is 20.6 Å². The van der Waals surface area contributed by atoms with Gasteiger partial charge >= 0.3 is 5.97 Å². The Bertz CT molecular complexity index is 564. The molecule has 4 N–H and O–H groups in total. The number of carboxylic acid groups (broad SMARTS) is 1. The van der Waals surface area contributed by atoms with Crippen LogP contribution in [0.5, 0.6) is 0 Å². The number of hydrogen-bond donors (Lipinski definition) is 3. The summed E-state index contributed by atoms with van der Waals surface area (Å²) in [4.78, 5) is 11.0. The van der Waals surface area contributed by atoms with E-state index in [4.69, 9.17) is 15.3 Å². The summed E-state index contributed by atoms with van der Waals surface area (Å²) in [5.74, 6) is -0.145. The predicted octanol–water partition coefficient (Wildman–Crippen LogP) is 2.60. The second-order valence-electron chi connectivity index (χ2n) is 4.44. The van der Waals surface area contributed by atoms with Gasteiger partial charge in [-0.15, -0.1) is 0 Å². The summed E-state index contributed by atoms with van der Waals surface area (Å²) in [6.45, 7) is 2.00. The van der Waals surface area contributed by atoms with Crippen molar-refractivity contribution in [2.75, 3.05) is 11.1 Å². The maximum absolute atomic E-state index is 11.0. The lowest BCUT2D eigenvalue weighted by Crippen LogP contribution is -2.18. The van der Waals surface area contributed by atoms with Crippen molar-refractivity contribution in [3.8, 4) is 0 Å². The highest BCUT2D eigenvalue weighted by Crippen LogP contribution is 2.19. The van der Waals surface area contributed by atoms with Gasteiger partial charge in [-0.1, -0.05) is 0 Å². The molecule has 1 unspecified atom stereocenters. The number of nitrogen functional groups attached to an aromatic ring is 1. The number of benzene rings is 1. The number of furan rings is 1. The fourth-order valence-corrected chi connectivity index (χ4v) is 1.90. The number of aromatic carboxylic acids is 1. The summed E-state index contributed by atoms with van der Waals surface area (Å²) in [5, 5.41) is 12.2. The third-order valence-corrected chi connectivity index (χ3v) is 2.78. The molecular weight excluding hydrogens is 244 g/mol.